The highest BCUT2D eigenvalue weighted by Crippen LogP contribution is 2.19. The molecule has 0 atom stereocenters. The van der Waals surface area contributed by atoms with E-state index >= 15 is 0 Å². The molecule has 1 saturated heterocycles. The Labute approximate surface area is 168 Å². The summed E-state index contributed by atoms with van der Waals surface area (Å²) in [5, 5.41) is 1.06. The highest BCUT2D eigenvalue weighted by atomic mass is 127. The maximum atomic E-state index is 13.0. The zero-order chi connectivity index (χ0) is 17.1. The third-order valence-electron chi connectivity index (χ3n) is 4.18. The number of hydrogen-bond acceptors (Lipinski definition) is 4. The van der Waals surface area contributed by atoms with Crippen molar-refractivity contribution in [3.05, 3.63) is 45.7 Å². The molecule has 0 aliphatic carbocycles. The van der Waals surface area contributed by atoms with E-state index in [0.29, 0.717) is 12.5 Å². The van der Waals surface area contributed by atoms with Crippen LogP contribution in [0.25, 0.3) is 0 Å². The Morgan fingerprint density at radius 3 is 2.40 bits per heavy atom. The summed E-state index contributed by atoms with van der Waals surface area (Å²) in [6.07, 6.45) is 0. The maximum Gasteiger partial charge on any atom is 0.191 e. The molecule has 1 aromatic heterocycles. The average Bonchev–Trinajstić information content (AvgIpc) is 2.91. The van der Waals surface area contributed by atoms with E-state index in [0.717, 1.165) is 42.6 Å². The summed E-state index contributed by atoms with van der Waals surface area (Å²) >= 11 is 1.67. The van der Waals surface area contributed by atoms with Gasteiger partial charge in [-0.05, 0) is 38.1 Å². The smallest absolute Gasteiger partial charge is 0.191 e. The molecule has 8 heteroatoms. The lowest BCUT2D eigenvalue weighted by molar-refractivity contribution is 0.380. The molecule has 136 valence electrons. The molecule has 25 heavy (non-hydrogen) atoms. The molecule has 0 unspecified atom stereocenters. The summed E-state index contributed by atoms with van der Waals surface area (Å²) < 4.78 is 13.0. The second-order valence-electron chi connectivity index (χ2n) is 5.87. The van der Waals surface area contributed by atoms with E-state index in [-0.39, 0.29) is 29.8 Å². The minimum absolute atomic E-state index is 0. The maximum absolute atomic E-state index is 13.0. The third-order valence-corrected chi connectivity index (χ3v) is 5.24. The molecule has 0 saturated carbocycles. The molecule has 5 nitrogen and oxygen atoms in total. The summed E-state index contributed by atoms with van der Waals surface area (Å²) in [7, 11) is 0. The number of hydrogen-bond donors (Lipinski definition) is 1. The van der Waals surface area contributed by atoms with Crippen molar-refractivity contribution >= 4 is 47.0 Å². The number of guanidine groups is 1. The van der Waals surface area contributed by atoms with Crippen LogP contribution in [-0.4, -0.2) is 42.0 Å². The topological polar surface area (TPSA) is 57.8 Å². The Balaban J connectivity index is 0.00000225. The van der Waals surface area contributed by atoms with Crippen LogP contribution in [0.4, 0.5) is 10.1 Å². The highest BCUT2D eigenvalue weighted by molar-refractivity contribution is 14.0. The zero-order valence-corrected chi connectivity index (χ0v) is 17.6. The predicted molar refractivity (Wildman–Crippen MR) is 113 cm³/mol. The normalized spacial score (nSPS) is 15.2. The van der Waals surface area contributed by atoms with Crippen molar-refractivity contribution in [2.75, 3.05) is 31.1 Å². The number of aromatic nitrogens is 1. The van der Waals surface area contributed by atoms with Crippen molar-refractivity contribution in [2.24, 2.45) is 10.7 Å². The average molecular weight is 475 g/mol. The summed E-state index contributed by atoms with van der Waals surface area (Å²) in [5.41, 5.74) is 8.23. The van der Waals surface area contributed by atoms with Crippen molar-refractivity contribution in [1.29, 1.82) is 0 Å². The number of rotatable bonds is 3. The molecule has 1 aliphatic rings. The van der Waals surface area contributed by atoms with Gasteiger partial charge in [0, 0.05) is 36.7 Å². The largest absolute Gasteiger partial charge is 0.370 e. The van der Waals surface area contributed by atoms with Crippen molar-refractivity contribution < 1.29 is 4.39 Å². The van der Waals surface area contributed by atoms with Gasteiger partial charge in [0.15, 0.2) is 5.96 Å². The van der Waals surface area contributed by atoms with Crippen molar-refractivity contribution in [3.63, 3.8) is 0 Å². The molecule has 2 N–H and O–H groups in total. The van der Waals surface area contributed by atoms with Crippen molar-refractivity contribution in [3.8, 4) is 0 Å². The quantitative estimate of drug-likeness (QED) is 0.421. The first-order chi connectivity index (χ1) is 11.5. The fraction of sp³-hybridized carbons (Fsp3) is 0.412. The molecule has 0 bridgehead atoms. The molecule has 3 rings (SSSR count). The summed E-state index contributed by atoms with van der Waals surface area (Å²) in [6.45, 7) is 7.91. The Kier molecular flexibility index (Phi) is 7.00. The van der Waals surface area contributed by atoms with Crippen LogP contribution >= 0.6 is 35.3 Å². The van der Waals surface area contributed by atoms with Gasteiger partial charge in [-0.3, -0.25) is 0 Å². The lowest BCUT2D eigenvalue weighted by Gasteiger charge is -2.36. The number of anilines is 1. The van der Waals surface area contributed by atoms with Gasteiger partial charge in [-0.1, -0.05) is 0 Å². The first kappa shape index (κ1) is 19.9. The number of nitrogens with zero attached hydrogens (tertiary/aromatic N) is 4. The molecule has 1 aromatic carbocycles. The van der Waals surface area contributed by atoms with E-state index in [9.17, 15) is 4.39 Å². The predicted octanol–water partition coefficient (Wildman–Crippen LogP) is 3.15. The van der Waals surface area contributed by atoms with Gasteiger partial charge in [0.05, 0.1) is 17.2 Å². The van der Waals surface area contributed by atoms with Crippen molar-refractivity contribution in [1.82, 2.24) is 9.88 Å². The van der Waals surface area contributed by atoms with Gasteiger partial charge in [0.1, 0.15) is 5.82 Å². The Bertz CT molecular complexity index is 723. The molecule has 2 aromatic rings. The van der Waals surface area contributed by atoms with Gasteiger partial charge in [0.25, 0.3) is 0 Å². The Morgan fingerprint density at radius 2 is 1.84 bits per heavy atom. The SMILES string of the molecule is Cc1nc(C)c(CN=C(N)N2CCN(c3ccc(F)cc3)CC2)s1.I. The van der Waals surface area contributed by atoms with Crippen LogP contribution in [0.1, 0.15) is 15.6 Å². The van der Waals surface area contributed by atoms with Crippen LogP contribution in [0.5, 0.6) is 0 Å². The van der Waals surface area contributed by atoms with Crippen LogP contribution in [0.3, 0.4) is 0 Å². The third kappa shape index (κ3) is 5.04. The summed E-state index contributed by atoms with van der Waals surface area (Å²) in [4.78, 5) is 14.4. The lowest BCUT2D eigenvalue weighted by atomic mass is 10.2. The lowest BCUT2D eigenvalue weighted by Crippen LogP contribution is -2.51. The van der Waals surface area contributed by atoms with Crippen LogP contribution < -0.4 is 10.6 Å². The number of aryl methyl sites for hydroxylation is 2. The highest BCUT2D eigenvalue weighted by Gasteiger charge is 2.18. The minimum atomic E-state index is -0.206. The molecule has 1 aliphatic heterocycles. The van der Waals surface area contributed by atoms with Gasteiger partial charge in [0.2, 0.25) is 0 Å². The zero-order valence-electron chi connectivity index (χ0n) is 14.4. The Hall–Kier alpha value is -1.42. The van der Waals surface area contributed by atoms with E-state index in [1.54, 1.807) is 11.3 Å². The van der Waals surface area contributed by atoms with Crippen LogP contribution in [0.2, 0.25) is 0 Å². The first-order valence-corrected chi connectivity index (χ1v) is 8.83. The van der Waals surface area contributed by atoms with E-state index in [2.05, 4.69) is 19.8 Å². The van der Waals surface area contributed by atoms with E-state index < -0.39 is 0 Å². The molecular weight excluding hydrogens is 452 g/mol. The monoisotopic (exact) mass is 475 g/mol. The number of piperazine rings is 1. The van der Waals surface area contributed by atoms with E-state index in [1.165, 1.54) is 17.0 Å². The molecule has 0 amide bonds. The fourth-order valence-electron chi connectivity index (χ4n) is 2.82. The Morgan fingerprint density at radius 1 is 1.20 bits per heavy atom. The number of thiazole rings is 1. The van der Waals surface area contributed by atoms with Gasteiger partial charge in [-0.2, -0.15) is 0 Å². The number of aliphatic imine (C=N–C) groups is 1. The number of halogens is 2. The van der Waals surface area contributed by atoms with Gasteiger partial charge < -0.3 is 15.5 Å². The van der Waals surface area contributed by atoms with Gasteiger partial charge in [-0.25, -0.2) is 14.4 Å². The molecule has 1 fully saturated rings. The van der Waals surface area contributed by atoms with Crippen LogP contribution in [0, 0.1) is 19.7 Å². The first-order valence-electron chi connectivity index (χ1n) is 8.01. The molecule has 0 radical (unpaired) electrons. The summed E-state index contributed by atoms with van der Waals surface area (Å²) in [6, 6.07) is 6.63. The molecular formula is C17H23FIN5S. The minimum Gasteiger partial charge on any atom is -0.370 e. The standard InChI is InChI=1S/C17H22FN5S.HI/c1-12-16(24-13(2)21-12)11-20-17(19)23-9-7-22(8-10-23)15-5-3-14(18)4-6-15;/h3-6H,7-11H2,1-2H3,(H2,19,20);1H. The second kappa shape index (κ2) is 8.79. The van der Waals surface area contributed by atoms with E-state index in [4.69, 9.17) is 5.73 Å². The molecule has 0 spiro atoms. The van der Waals surface area contributed by atoms with Gasteiger partial charge in [-0.15, -0.1) is 35.3 Å². The van der Waals surface area contributed by atoms with Crippen LogP contribution in [0.15, 0.2) is 29.3 Å². The number of nitrogens with two attached hydrogens (primary N) is 1. The summed E-state index contributed by atoms with van der Waals surface area (Å²) in [5.74, 6) is 0.376. The number of benzene rings is 1. The molecule has 2 heterocycles. The van der Waals surface area contributed by atoms with Crippen molar-refractivity contribution in [2.45, 2.75) is 20.4 Å². The van der Waals surface area contributed by atoms with E-state index in [1.807, 2.05) is 26.0 Å². The van der Waals surface area contributed by atoms with Crippen LogP contribution in [-0.2, 0) is 6.54 Å². The second-order valence-corrected chi connectivity index (χ2v) is 7.15. The fourth-order valence-corrected chi connectivity index (χ4v) is 3.68. The van der Waals surface area contributed by atoms with Gasteiger partial charge >= 0.3 is 0 Å².